The van der Waals surface area contributed by atoms with E-state index in [1.54, 1.807) is 18.3 Å². The fourth-order valence-corrected chi connectivity index (χ4v) is 4.07. The minimum atomic E-state index is -0.327. The molecular weight excluding hydrogens is 379 g/mol. The molecule has 1 amide bonds. The summed E-state index contributed by atoms with van der Waals surface area (Å²) in [4.78, 5) is 35.1. The lowest BCUT2D eigenvalue weighted by Crippen LogP contribution is -2.34. The predicted molar refractivity (Wildman–Crippen MR) is 107 cm³/mol. The number of halogens is 1. The SMILES string of the molecule is CCc1nc2c(sc3ncccc32)c(=O)n1CC(=O)NCc1ccc(F)cc1. The largest absolute Gasteiger partial charge is 0.350 e. The second-order valence-corrected chi connectivity index (χ2v) is 7.31. The van der Waals surface area contributed by atoms with Gasteiger partial charge in [0.05, 0.1) is 5.52 Å². The van der Waals surface area contributed by atoms with Gasteiger partial charge in [-0.3, -0.25) is 14.2 Å². The molecule has 0 atom stereocenters. The highest BCUT2D eigenvalue weighted by Gasteiger charge is 2.17. The summed E-state index contributed by atoms with van der Waals surface area (Å²) >= 11 is 1.29. The minimum Gasteiger partial charge on any atom is -0.350 e. The number of hydrogen-bond acceptors (Lipinski definition) is 5. The summed E-state index contributed by atoms with van der Waals surface area (Å²) in [6.45, 7) is 2.04. The van der Waals surface area contributed by atoms with Crippen LogP contribution in [0.5, 0.6) is 0 Å². The van der Waals surface area contributed by atoms with Crippen molar-refractivity contribution < 1.29 is 9.18 Å². The number of nitrogens with zero attached hydrogens (tertiary/aromatic N) is 3. The predicted octanol–water partition coefficient (Wildman–Crippen LogP) is 3.02. The summed E-state index contributed by atoms with van der Waals surface area (Å²) in [6, 6.07) is 9.61. The van der Waals surface area contributed by atoms with Crippen LogP contribution in [0, 0.1) is 5.82 Å². The third kappa shape index (κ3) is 3.38. The fourth-order valence-electron chi connectivity index (χ4n) is 3.04. The van der Waals surface area contributed by atoms with Crippen LogP contribution in [0.4, 0.5) is 4.39 Å². The Hall–Kier alpha value is -3.13. The number of aromatic nitrogens is 3. The molecule has 0 radical (unpaired) electrons. The van der Waals surface area contributed by atoms with Crippen molar-refractivity contribution in [1.29, 1.82) is 0 Å². The van der Waals surface area contributed by atoms with Gasteiger partial charge in [0, 0.05) is 24.5 Å². The number of nitrogens with one attached hydrogen (secondary N) is 1. The van der Waals surface area contributed by atoms with E-state index in [-0.39, 0.29) is 30.4 Å². The number of benzene rings is 1. The molecule has 0 unspecified atom stereocenters. The maximum Gasteiger partial charge on any atom is 0.272 e. The van der Waals surface area contributed by atoms with Gasteiger partial charge in [-0.25, -0.2) is 14.4 Å². The van der Waals surface area contributed by atoms with Crippen LogP contribution in [0.25, 0.3) is 20.4 Å². The summed E-state index contributed by atoms with van der Waals surface area (Å²) in [7, 11) is 0. The molecule has 3 aromatic heterocycles. The van der Waals surface area contributed by atoms with Crippen molar-refractivity contribution in [2.24, 2.45) is 0 Å². The molecule has 3 heterocycles. The number of pyridine rings is 1. The summed E-state index contributed by atoms with van der Waals surface area (Å²) in [6.07, 6.45) is 2.20. The molecule has 4 aromatic rings. The molecular formula is C20H17FN4O2S. The van der Waals surface area contributed by atoms with E-state index >= 15 is 0 Å². The number of carbonyl (C=O) groups is 1. The molecule has 8 heteroatoms. The molecule has 0 aliphatic carbocycles. The summed E-state index contributed by atoms with van der Waals surface area (Å²) in [5, 5.41) is 3.61. The fraction of sp³-hybridized carbons (Fsp3) is 0.200. The number of thiophene rings is 1. The van der Waals surface area contributed by atoms with E-state index in [0.717, 1.165) is 15.8 Å². The Morgan fingerprint density at radius 3 is 2.79 bits per heavy atom. The molecule has 0 aliphatic heterocycles. The van der Waals surface area contributed by atoms with E-state index in [9.17, 15) is 14.0 Å². The van der Waals surface area contributed by atoms with Gasteiger partial charge >= 0.3 is 0 Å². The van der Waals surface area contributed by atoms with Gasteiger partial charge in [-0.2, -0.15) is 0 Å². The molecule has 0 aliphatic rings. The molecule has 0 fully saturated rings. The minimum absolute atomic E-state index is 0.117. The molecule has 1 N–H and O–H groups in total. The highest BCUT2D eigenvalue weighted by Crippen LogP contribution is 2.28. The third-order valence-corrected chi connectivity index (χ3v) is 5.54. The monoisotopic (exact) mass is 396 g/mol. The standard InChI is InChI=1S/C20H17FN4O2S/c1-2-15-24-17-14-4-3-9-22-19(14)28-18(17)20(27)25(15)11-16(26)23-10-12-5-7-13(21)8-6-12/h3-9H,2,10-11H2,1H3,(H,23,26). The lowest BCUT2D eigenvalue weighted by atomic mass is 10.2. The van der Waals surface area contributed by atoms with Gasteiger partial charge in [0.15, 0.2) is 0 Å². The van der Waals surface area contributed by atoms with Crippen molar-refractivity contribution in [2.45, 2.75) is 26.4 Å². The maximum absolute atomic E-state index is 13.0. The average Bonchev–Trinajstić information content (AvgIpc) is 3.08. The van der Waals surface area contributed by atoms with Gasteiger partial charge in [-0.05, 0) is 29.8 Å². The van der Waals surface area contributed by atoms with Crippen LogP contribution in [0.15, 0.2) is 47.4 Å². The highest BCUT2D eigenvalue weighted by molar-refractivity contribution is 7.25. The van der Waals surface area contributed by atoms with Crippen molar-refractivity contribution in [1.82, 2.24) is 19.9 Å². The Morgan fingerprint density at radius 2 is 2.04 bits per heavy atom. The van der Waals surface area contributed by atoms with Crippen LogP contribution < -0.4 is 10.9 Å². The van der Waals surface area contributed by atoms with Crippen LogP contribution in [-0.2, 0) is 24.3 Å². The maximum atomic E-state index is 13.0. The van der Waals surface area contributed by atoms with E-state index in [4.69, 9.17) is 0 Å². The van der Waals surface area contributed by atoms with Crippen molar-refractivity contribution in [3.05, 3.63) is 70.2 Å². The van der Waals surface area contributed by atoms with E-state index in [0.29, 0.717) is 22.5 Å². The smallest absolute Gasteiger partial charge is 0.272 e. The summed E-state index contributed by atoms with van der Waals surface area (Å²) in [5.74, 6) is -0.0779. The Morgan fingerprint density at radius 1 is 1.25 bits per heavy atom. The highest BCUT2D eigenvalue weighted by atomic mass is 32.1. The Balaban J connectivity index is 1.63. The van der Waals surface area contributed by atoms with Crippen molar-refractivity contribution in [2.75, 3.05) is 0 Å². The second kappa shape index (κ2) is 7.47. The van der Waals surface area contributed by atoms with Crippen LogP contribution in [-0.4, -0.2) is 20.4 Å². The lowest BCUT2D eigenvalue weighted by molar-refractivity contribution is -0.121. The number of hydrogen-bond donors (Lipinski definition) is 1. The third-order valence-electron chi connectivity index (χ3n) is 4.45. The number of aryl methyl sites for hydroxylation is 1. The molecule has 0 saturated heterocycles. The molecule has 0 bridgehead atoms. The van der Waals surface area contributed by atoms with Crippen molar-refractivity contribution in [3.63, 3.8) is 0 Å². The quantitative estimate of drug-likeness (QED) is 0.563. The Bertz CT molecular complexity index is 1230. The van der Waals surface area contributed by atoms with Crippen LogP contribution in [0.2, 0.25) is 0 Å². The Labute approximate surface area is 163 Å². The van der Waals surface area contributed by atoms with Crippen LogP contribution in [0.3, 0.4) is 0 Å². The van der Waals surface area contributed by atoms with E-state index in [2.05, 4.69) is 15.3 Å². The van der Waals surface area contributed by atoms with Crippen LogP contribution in [0.1, 0.15) is 18.3 Å². The van der Waals surface area contributed by atoms with Gasteiger partial charge in [0.2, 0.25) is 5.91 Å². The molecule has 0 saturated carbocycles. The van der Waals surface area contributed by atoms with Gasteiger partial charge in [0.25, 0.3) is 5.56 Å². The molecule has 0 spiro atoms. The first-order chi connectivity index (χ1) is 13.6. The zero-order valence-electron chi connectivity index (χ0n) is 15.1. The van der Waals surface area contributed by atoms with E-state index in [1.165, 1.54) is 28.0 Å². The molecule has 142 valence electrons. The zero-order valence-corrected chi connectivity index (χ0v) is 15.9. The first-order valence-electron chi connectivity index (χ1n) is 8.85. The lowest BCUT2D eigenvalue weighted by Gasteiger charge is -2.11. The molecule has 4 rings (SSSR count). The normalized spacial score (nSPS) is 11.2. The van der Waals surface area contributed by atoms with Gasteiger partial charge in [0.1, 0.15) is 27.7 Å². The number of amides is 1. The molecule has 1 aromatic carbocycles. The topological polar surface area (TPSA) is 76.9 Å². The van der Waals surface area contributed by atoms with Crippen molar-refractivity contribution in [3.8, 4) is 0 Å². The Kier molecular flexibility index (Phi) is 4.87. The zero-order chi connectivity index (χ0) is 19.7. The van der Waals surface area contributed by atoms with Crippen LogP contribution >= 0.6 is 11.3 Å². The van der Waals surface area contributed by atoms with E-state index < -0.39 is 0 Å². The number of fused-ring (bicyclic) bond motifs is 3. The van der Waals surface area contributed by atoms with Gasteiger partial charge < -0.3 is 5.32 Å². The summed E-state index contributed by atoms with van der Waals surface area (Å²) in [5.41, 5.74) is 1.18. The number of carbonyl (C=O) groups excluding carboxylic acids is 1. The summed E-state index contributed by atoms with van der Waals surface area (Å²) < 4.78 is 14.9. The first kappa shape index (κ1) is 18.2. The molecule has 28 heavy (non-hydrogen) atoms. The number of rotatable bonds is 5. The van der Waals surface area contributed by atoms with E-state index in [1.807, 2.05) is 19.1 Å². The molecule has 6 nitrogen and oxygen atoms in total. The first-order valence-corrected chi connectivity index (χ1v) is 9.66. The second-order valence-electron chi connectivity index (χ2n) is 6.31. The van der Waals surface area contributed by atoms with Gasteiger partial charge in [-0.15, -0.1) is 11.3 Å². The average molecular weight is 396 g/mol. The van der Waals surface area contributed by atoms with Gasteiger partial charge in [-0.1, -0.05) is 19.1 Å². The van der Waals surface area contributed by atoms with Crippen molar-refractivity contribution >= 4 is 37.7 Å².